The highest BCUT2D eigenvalue weighted by atomic mass is 16.5. The van der Waals surface area contributed by atoms with E-state index in [1.165, 1.54) is 0 Å². The fourth-order valence-electron chi connectivity index (χ4n) is 3.25. The van der Waals surface area contributed by atoms with Crippen LogP contribution < -0.4 is 14.8 Å². The van der Waals surface area contributed by atoms with E-state index < -0.39 is 0 Å². The van der Waals surface area contributed by atoms with Gasteiger partial charge in [-0.15, -0.1) is 5.10 Å². The Morgan fingerprint density at radius 2 is 2.00 bits per heavy atom. The maximum absolute atomic E-state index is 12.5. The van der Waals surface area contributed by atoms with Crippen LogP contribution in [0, 0.1) is 6.92 Å². The summed E-state index contributed by atoms with van der Waals surface area (Å²) in [5.74, 6) is 2.47. The number of rotatable bonds is 8. The van der Waals surface area contributed by atoms with E-state index in [1.807, 2.05) is 44.2 Å². The lowest BCUT2D eigenvalue weighted by molar-refractivity contribution is -0.116. The van der Waals surface area contributed by atoms with E-state index in [0.29, 0.717) is 42.5 Å². The predicted molar refractivity (Wildman–Crippen MR) is 117 cm³/mol. The summed E-state index contributed by atoms with van der Waals surface area (Å²) in [5.41, 5.74) is 2.98. The van der Waals surface area contributed by atoms with Crippen molar-refractivity contribution in [3.05, 3.63) is 60.0 Å². The first-order chi connectivity index (χ1) is 15.1. The van der Waals surface area contributed by atoms with E-state index >= 15 is 0 Å². The summed E-state index contributed by atoms with van der Waals surface area (Å²) in [5, 5.41) is 7.34. The molecule has 0 saturated heterocycles. The average molecular weight is 420 g/mol. The molecule has 0 aliphatic carbocycles. The second-order valence-electron chi connectivity index (χ2n) is 7.00. The van der Waals surface area contributed by atoms with Crippen LogP contribution in [-0.4, -0.2) is 34.2 Å². The second-order valence-corrected chi connectivity index (χ2v) is 7.00. The number of nitrogens with zero attached hydrogens (tertiary/aromatic N) is 3. The molecular formula is C23H24N4O4. The third kappa shape index (κ3) is 4.53. The quantitative estimate of drug-likeness (QED) is 0.458. The number of imidazole rings is 1. The number of fused-ring (bicyclic) bond motifs is 1. The van der Waals surface area contributed by atoms with Crippen LogP contribution in [0.2, 0.25) is 0 Å². The molecular weight excluding hydrogens is 396 g/mol. The van der Waals surface area contributed by atoms with Gasteiger partial charge in [0.2, 0.25) is 17.5 Å². The number of carbonyl (C=O) groups is 1. The maximum Gasteiger partial charge on any atom is 0.246 e. The number of amides is 1. The minimum absolute atomic E-state index is 0.0907. The molecule has 0 atom stereocenters. The molecule has 0 spiro atoms. The normalized spacial score (nSPS) is 10.9. The molecule has 0 aliphatic rings. The summed E-state index contributed by atoms with van der Waals surface area (Å²) in [7, 11) is 1.56. The molecule has 4 aromatic rings. The van der Waals surface area contributed by atoms with Crippen LogP contribution in [0.3, 0.4) is 0 Å². The Morgan fingerprint density at radius 1 is 1.19 bits per heavy atom. The van der Waals surface area contributed by atoms with Gasteiger partial charge in [-0.1, -0.05) is 12.1 Å². The molecule has 2 heterocycles. The highest BCUT2D eigenvalue weighted by Gasteiger charge is 2.14. The topological polar surface area (TPSA) is 90.9 Å². The largest absolute Gasteiger partial charge is 0.495 e. The van der Waals surface area contributed by atoms with Gasteiger partial charge in [0.25, 0.3) is 0 Å². The van der Waals surface area contributed by atoms with Crippen LogP contribution in [0.4, 0.5) is 5.69 Å². The first-order valence-electron chi connectivity index (χ1n) is 10.1. The minimum atomic E-state index is -0.0907. The molecule has 8 heteroatoms. The molecule has 0 aliphatic heterocycles. The number of hydrogen-bond donors (Lipinski definition) is 1. The molecule has 0 bridgehead atoms. The predicted octanol–water partition coefficient (Wildman–Crippen LogP) is 4.28. The summed E-state index contributed by atoms with van der Waals surface area (Å²) in [6, 6.07) is 13.2. The number of carbonyl (C=O) groups excluding carboxylic acids is 1. The van der Waals surface area contributed by atoms with E-state index in [4.69, 9.17) is 13.9 Å². The summed E-state index contributed by atoms with van der Waals surface area (Å²) in [6.07, 6.45) is 2.62. The first kappa shape index (κ1) is 20.5. The Bertz CT molecular complexity index is 1190. The monoisotopic (exact) mass is 420 g/mol. The number of nitrogens with one attached hydrogen (secondary N) is 1. The van der Waals surface area contributed by atoms with Crippen LogP contribution in [0.1, 0.15) is 24.7 Å². The zero-order valence-electron chi connectivity index (χ0n) is 17.7. The fourth-order valence-corrected chi connectivity index (χ4v) is 3.25. The molecule has 1 N–H and O–H groups in total. The van der Waals surface area contributed by atoms with Crippen LogP contribution >= 0.6 is 0 Å². The van der Waals surface area contributed by atoms with E-state index in [2.05, 4.69) is 15.4 Å². The lowest BCUT2D eigenvalue weighted by Gasteiger charge is -2.11. The Labute approximate surface area is 179 Å². The maximum atomic E-state index is 12.5. The zero-order valence-corrected chi connectivity index (χ0v) is 17.7. The highest BCUT2D eigenvalue weighted by Crippen LogP contribution is 2.31. The third-order valence-electron chi connectivity index (χ3n) is 4.87. The number of aromatic nitrogens is 3. The van der Waals surface area contributed by atoms with Gasteiger partial charge >= 0.3 is 0 Å². The van der Waals surface area contributed by atoms with E-state index in [-0.39, 0.29) is 5.91 Å². The van der Waals surface area contributed by atoms with Crippen LogP contribution in [0.5, 0.6) is 11.5 Å². The van der Waals surface area contributed by atoms with Crippen molar-refractivity contribution in [2.45, 2.75) is 26.7 Å². The third-order valence-corrected chi connectivity index (χ3v) is 4.87. The number of methoxy groups -OCH3 is 1. The van der Waals surface area contributed by atoms with Gasteiger partial charge < -0.3 is 19.2 Å². The summed E-state index contributed by atoms with van der Waals surface area (Å²) < 4.78 is 18.3. The summed E-state index contributed by atoms with van der Waals surface area (Å²) in [6.45, 7) is 4.43. The van der Waals surface area contributed by atoms with Crippen LogP contribution in [0.15, 0.2) is 53.1 Å². The van der Waals surface area contributed by atoms with Gasteiger partial charge in [-0.2, -0.15) is 4.52 Å². The van der Waals surface area contributed by atoms with Gasteiger partial charge in [0, 0.05) is 12.0 Å². The van der Waals surface area contributed by atoms with Crippen molar-refractivity contribution in [3.63, 3.8) is 0 Å². The molecule has 4 rings (SSSR count). The first-order valence-corrected chi connectivity index (χ1v) is 10.1. The van der Waals surface area contributed by atoms with Crippen molar-refractivity contribution in [2.75, 3.05) is 19.0 Å². The molecule has 0 saturated carbocycles. The van der Waals surface area contributed by atoms with E-state index in [9.17, 15) is 4.79 Å². The highest BCUT2D eigenvalue weighted by molar-refractivity contribution is 5.92. The van der Waals surface area contributed by atoms with Gasteiger partial charge in [0.1, 0.15) is 17.3 Å². The minimum Gasteiger partial charge on any atom is -0.495 e. The SMILES string of the molecule is CCOc1ccc(CCC(=O)Nc2ccc(-c3nn4c(C)ncc4o3)cc2OC)cc1. The average Bonchev–Trinajstić information content (AvgIpc) is 3.36. The number of anilines is 1. The van der Waals surface area contributed by atoms with Crippen molar-refractivity contribution >= 4 is 17.3 Å². The number of benzene rings is 2. The van der Waals surface area contributed by atoms with Crippen molar-refractivity contribution in [1.29, 1.82) is 0 Å². The number of aryl methyl sites for hydroxylation is 2. The molecule has 1 amide bonds. The Kier molecular flexibility index (Phi) is 5.88. The van der Waals surface area contributed by atoms with Crippen molar-refractivity contribution in [2.24, 2.45) is 0 Å². The van der Waals surface area contributed by atoms with Gasteiger partial charge in [-0.25, -0.2) is 4.98 Å². The van der Waals surface area contributed by atoms with Gasteiger partial charge in [-0.3, -0.25) is 4.79 Å². The number of ether oxygens (including phenoxy) is 2. The summed E-state index contributed by atoms with van der Waals surface area (Å²) in [4.78, 5) is 16.6. The summed E-state index contributed by atoms with van der Waals surface area (Å²) >= 11 is 0. The molecule has 2 aromatic heterocycles. The van der Waals surface area contributed by atoms with Crippen molar-refractivity contribution in [3.8, 4) is 23.0 Å². The van der Waals surface area contributed by atoms with Gasteiger partial charge in [-0.05, 0) is 56.2 Å². The smallest absolute Gasteiger partial charge is 0.246 e. The Balaban J connectivity index is 1.42. The second kappa shape index (κ2) is 8.91. The molecule has 31 heavy (non-hydrogen) atoms. The lowest BCUT2D eigenvalue weighted by atomic mass is 10.1. The standard InChI is InChI=1S/C23H24N4O4/c1-4-30-18-9-5-16(6-10-18)7-12-21(28)25-19-11-8-17(13-20(19)29-3)23-26-27-15(2)24-14-22(27)31-23/h5-6,8-11,13-14H,4,7,12H2,1-3H3,(H,25,28). The molecule has 2 aromatic carbocycles. The molecule has 0 unspecified atom stereocenters. The van der Waals surface area contributed by atoms with Gasteiger partial charge in [0.05, 0.1) is 25.6 Å². The Hall–Kier alpha value is -3.81. The van der Waals surface area contributed by atoms with Crippen LogP contribution in [-0.2, 0) is 11.2 Å². The molecule has 0 radical (unpaired) electrons. The van der Waals surface area contributed by atoms with Gasteiger partial charge in [0.15, 0.2) is 0 Å². The van der Waals surface area contributed by atoms with E-state index in [1.54, 1.807) is 30.0 Å². The molecule has 0 fully saturated rings. The zero-order chi connectivity index (χ0) is 21.8. The van der Waals surface area contributed by atoms with Crippen molar-refractivity contribution in [1.82, 2.24) is 14.6 Å². The van der Waals surface area contributed by atoms with Crippen LogP contribution in [0.25, 0.3) is 17.2 Å². The lowest BCUT2D eigenvalue weighted by Crippen LogP contribution is -2.13. The molecule has 8 nitrogen and oxygen atoms in total. The van der Waals surface area contributed by atoms with E-state index in [0.717, 1.165) is 22.7 Å². The van der Waals surface area contributed by atoms with Crippen molar-refractivity contribution < 1.29 is 18.7 Å². The fraction of sp³-hybridized carbons (Fsp3) is 0.261. The Morgan fingerprint density at radius 3 is 2.71 bits per heavy atom. The molecule has 160 valence electrons. The number of hydrogen-bond acceptors (Lipinski definition) is 6.